The van der Waals surface area contributed by atoms with Crippen molar-refractivity contribution in [2.75, 3.05) is 13.2 Å². The highest BCUT2D eigenvalue weighted by Gasteiger charge is 2.57. The first kappa shape index (κ1) is 51.8. The van der Waals surface area contributed by atoms with Crippen LogP contribution in [-0.2, 0) is 82.3 Å². The number of amides is 2. The average Bonchev–Trinajstić information content (AvgIpc) is 3.73. The van der Waals surface area contributed by atoms with Crippen LogP contribution in [0.5, 0.6) is 0 Å². The van der Waals surface area contributed by atoms with Gasteiger partial charge in [-0.3, -0.25) is 14.5 Å². The molecule has 1 N–H and O–H groups in total. The normalized spacial score (nSPS) is 24.5. The Morgan fingerprint density at radius 2 is 0.707 bits per heavy atom. The Hall–Kier alpha value is -6.72. The lowest BCUT2D eigenvalue weighted by Gasteiger charge is -2.50. The molecule has 2 fully saturated rings. The van der Waals surface area contributed by atoms with Crippen molar-refractivity contribution in [1.82, 2.24) is 4.90 Å². The lowest BCUT2D eigenvalue weighted by Crippen LogP contribution is -2.69. The first-order valence-electron chi connectivity index (χ1n) is 25.4. The molecule has 3 aliphatic heterocycles. The van der Waals surface area contributed by atoms with Crippen LogP contribution < -0.4 is 0 Å². The standard InChI is InChI=1S/C62H61NO12/c64-59-49-33-19-20-34-50(49)60(65)63(59)53-56(70-38-46-27-13-4-14-28-46)55(52(73-61(53)66)42-68-36-44-23-9-2-10-24-44)75-62-58(72-40-48-31-17-6-18-32-48)57(71-39-47-29-15-5-16-30-47)54(69-37-45-25-11-3-12-26-45)51(74-62)41-67-35-43-21-7-1-8-22-43/h1-34,51-58,61-62,66H,35-42H2/t51-,52-,53-,54+,55-,56-,57+,58-,61-,62+/m1/s1. The number of fused-ring (bicyclic) bond motifs is 1. The maximum Gasteiger partial charge on any atom is 0.262 e. The minimum absolute atomic E-state index is 0.0168. The fraction of sp³-hybridized carbons (Fsp3) is 0.290. The second-order valence-electron chi connectivity index (χ2n) is 18.8. The topological polar surface area (TPSA) is 141 Å². The number of aliphatic hydroxyl groups excluding tert-OH is 1. The Bertz CT molecular complexity index is 2810. The summed E-state index contributed by atoms with van der Waals surface area (Å²) in [6, 6.07) is 63.7. The van der Waals surface area contributed by atoms with E-state index >= 15 is 0 Å². The van der Waals surface area contributed by atoms with E-state index in [0.717, 1.165) is 38.3 Å². The number of rotatable bonds is 23. The van der Waals surface area contributed by atoms with Gasteiger partial charge >= 0.3 is 0 Å². The first-order chi connectivity index (χ1) is 37.0. The quantitative estimate of drug-likeness (QED) is 0.0611. The summed E-state index contributed by atoms with van der Waals surface area (Å²) in [4.78, 5) is 29.9. The van der Waals surface area contributed by atoms with Gasteiger partial charge in [-0.2, -0.15) is 0 Å². The van der Waals surface area contributed by atoms with Crippen LogP contribution in [0.15, 0.2) is 206 Å². The third kappa shape index (κ3) is 13.0. The second kappa shape index (κ2) is 25.7. The number of carbonyl (C=O) groups is 2. The molecule has 0 unspecified atom stereocenters. The van der Waals surface area contributed by atoms with Crippen LogP contribution >= 0.6 is 0 Å². The summed E-state index contributed by atoms with van der Waals surface area (Å²) < 4.78 is 61.9. The zero-order valence-corrected chi connectivity index (χ0v) is 41.4. The van der Waals surface area contributed by atoms with E-state index < -0.39 is 73.2 Å². The smallest absolute Gasteiger partial charge is 0.262 e. The fourth-order valence-corrected chi connectivity index (χ4v) is 9.80. The Morgan fingerprint density at radius 3 is 1.12 bits per heavy atom. The molecule has 0 aromatic heterocycles. The molecule has 13 nitrogen and oxygen atoms in total. The number of benzene rings is 7. The van der Waals surface area contributed by atoms with Crippen molar-refractivity contribution in [2.45, 2.75) is 101 Å². The summed E-state index contributed by atoms with van der Waals surface area (Å²) >= 11 is 0. The Kier molecular flexibility index (Phi) is 17.7. The lowest BCUT2D eigenvalue weighted by molar-refractivity contribution is -0.365. The van der Waals surface area contributed by atoms with E-state index in [2.05, 4.69) is 0 Å². The molecule has 10 rings (SSSR count). The first-order valence-corrected chi connectivity index (χ1v) is 25.4. The van der Waals surface area contributed by atoms with E-state index in [9.17, 15) is 14.7 Å². The highest BCUT2D eigenvalue weighted by atomic mass is 16.7. The Balaban J connectivity index is 1.06. The summed E-state index contributed by atoms with van der Waals surface area (Å²) in [5, 5.41) is 12.3. The zero-order valence-electron chi connectivity index (χ0n) is 41.4. The molecule has 3 aliphatic rings. The predicted octanol–water partition coefficient (Wildman–Crippen LogP) is 9.25. The number of ether oxygens (including phenoxy) is 9. The van der Waals surface area contributed by atoms with Gasteiger partial charge < -0.3 is 47.7 Å². The van der Waals surface area contributed by atoms with Crippen LogP contribution in [0, 0.1) is 0 Å². The van der Waals surface area contributed by atoms with E-state index in [0.29, 0.717) is 0 Å². The van der Waals surface area contributed by atoms with Crippen molar-refractivity contribution in [3.8, 4) is 0 Å². The van der Waals surface area contributed by atoms with Crippen LogP contribution in [0.25, 0.3) is 0 Å². The van der Waals surface area contributed by atoms with Crippen molar-refractivity contribution in [3.63, 3.8) is 0 Å². The van der Waals surface area contributed by atoms with Crippen molar-refractivity contribution in [3.05, 3.63) is 251 Å². The number of nitrogens with zero attached hydrogens (tertiary/aromatic N) is 1. The molecule has 10 atom stereocenters. The number of carbonyl (C=O) groups excluding carboxylic acids is 2. The molecule has 3 heterocycles. The van der Waals surface area contributed by atoms with Gasteiger partial charge in [-0.25, -0.2) is 0 Å². The minimum Gasteiger partial charge on any atom is -0.374 e. The second-order valence-corrected chi connectivity index (χ2v) is 18.8. The lowest BCUT2D eigenvalue weighted by atomic mass is 9.93. The monoisotopic (exact) mass is 1010 g/mol. The molecule has 2 amide bonds. The minimum atomic E-state index is -1.73. The van der Waals surface area contributed by atoms with Crippen LogP contribution in [0.4, 0.5) is 0 Å². The maximum absolute atomic E-state index is 14.5. The zero-order chi connectivity index (χ0) is 51.2. The van der Waals surface area contributed by atoms with Gasteiger partial charge in [-0.15, -0.1) is 0 Å². The molecule has 7 aromatic rings. The molecule has 13 heteroatoms. The van der Waals surface area contributed by atoms with Gasteiger partial charge in [-0.1, -0.05) is 194 Å². The van der Waals surface area contributed by atoms with Gasteiger partial charge in [0.1, 0.15) is 48.8 Å². The maximum atomic E-state index is 14.5. The number of imide groups is 1. The fourth-order valence-electron chi connectivity index (χ4n) is 9.80. The van der Waals surface area contributed by atoms with Gasteiger partial charge in [0.05, 0.1) is 64.0 Å². The molecule has 0 bridgehead atoms. The van der Waals surface area contributed by atoms with Gasteiger partial charge in [-0.05, 0) is 45.5 Å². The molecular weight excluding hydrogens is 951 g/mol. The van der Waals surface area contributed by atoms with Crippen molar-refractivity contribution in [2.24, 2.45) is 0 Å². The number of aliphatic hydroxyl groups is 1. The summed E-state index contributed by atoms with van der Waals surface area (Å²) in [5.74, 6) is -1.20. The summed E-state index contributed by atoms with van der Waals surface area (Å²) in [6.45, 7) is 1.01. The van der Waals surface area contributed by atoms with E-state index in [1.54, 1.807) is 24.3 Å². The van der Waals surface area contributed by atoms with Crippen molar-refractivity contribution >= 4 is 11.8 Å². The highest BCUT2D eigenvalue weighted by Crippen LogP contribution is 2.38. The van der Waals surface area contributed by atoms with Crippen LogP contribution in [-0.4, -0.2) is 96.4 Å². The largest absolute Gasteiger partial charge is 0.374 e. The third-order valence-electron chi connectivity index (χ3n) is 13.6. The van der Waals surface area contributed by atoms with Crippen molar-refractivity contribution in [1.29, 1.82) is 0 Å². The molecule has 2 saturated heterocycles. The van der Waals surface area contributed by atoms with E-state index in [4.69, 9.17) is 42.6 Å². The van der Waals surface area contributed by atoms with Crippen LogP contribution in [0.1, 0.15) is 54.1 Å². The molecule has 0 spiro atoms. The van der Waals surface area contributed by atoms with Crippen LogP contribution in [0.3, 0.4) is 0 Å². The summed E-state index contributed by atoms with van der Waals surface area (Å²) in [6.07, 6.45) is -9.96. The van der Waals surface area contributed by atoms with Gasteiger partial charge in [0.2, 0.25) is 0 Å². The molecule has 0 aliphatic carbocycles. The van der Waals surface area contributed by atoms with Gasteiger partial charge in [0.15, 0.2) is 12.6 Å². The number of hydrogen-bond acceptors (Lipinski definition) is 12. The molecule has 0 radical (unpaired) electrons. The highest BCUT2D eigenvalue weighted by molar-refractivity contribution is 6.21. The average molecular weight is 1010 g/mol. The van der Waals surface area contributed by atoms with Gasteiger partial charge in [0.25, 0.3) is 11.8 Å². The molecule has 75 heavy (non-hydrogen) atoms. The molecule has 0 saturated carbocycles. The molecular formula is C62H61NO12. The molecule has 386 valence electrons. The number of hydrogen-bond donors (Lipinski definition) is 1. The molecule has 7 aromatic carbocycles. The van der Waals surface area contributed by atoms with E-state index in [1.165, 1.54) is 0 Å². The SMILES string of the molecule is O=C1c2ccccc2C(=O)N1[C@@H]1[C@@H](OCc2ccccc2)[C@H](O[C@@H]2O[C@H](COCc3ccccc3)[C@H](OCc3ccccc3)[C@H](OCc3ccccc3)[C@H]2OCc2ccccc2)[C@@H](COCc2ccccc2)O[C@H]1O. The van der Waals surface area contributed by atoms with Crippen LogP contribution in [0.2, 0.25) is 0 Å². The third-order valence-corrected chi connectivity index (χ3v) is 13.6. The van der Waals surface area contributed by atoms with Crippen molar-refractivity contribution < 1.29 is 57.3 Å². The van der Waals surface area contributed by atoms with E-state index in [1.807, 2.05) is 182 Å². The summed E-state index contributed by atoms with van der Waals surface area (Å²) in [5.41, 5.74) is 5.84. The van der Waals surface area contributed by atoms with E-state index in [-0.39, 0.29) is 64.0 Å². The Labute approximate surface area is 437 Å². The Morgan fingerprint density at radius 1 is 0.373 bits per heavy atom. The predicted molar refractivity (Wildman–Crippen MR) is 277 cm³/mol. The summed E-state index contributed by atoms with van der Waals surface area (Å²) in [7, 11) is 0. The van der Waals surface area contributed by atoms with Gasteiger partial charge in [0, 0.05) is 0 Å².